The fourth-order valence-electron chi connectivity index (χ4n) is 2.90. The molecule has 0 atom stereocenters. The summed E-state index contributed by atoms with van der Waals surface area (Å²) >= 11 is 0. The zero-order valence-electron chi connectivity index (χ0n) is 12.6. The molecule has 0 radical (unpaired) electrons. The van der Waals surface area contributed by atoms with Crippen LogP contribution >= 0.6 is 0 Å². The fourth-order valence-corrected chi connectivity index (χ4v) is 2.90. The lowest BCUT2D eigenvalue weighted by Gasteiger charge is -2.32. The molecule has 3 heterocycles. The molecule has 2 amide bonds. The van der Waals surface area contributed by atoms with E-state index in [4.69, 9.17) is 0 Å². The molecule has 22 heavy (non-hydrogen) atoms. The average Bonchev–Trinajstić information content (AvgIpc) is 2.62. The van der Waals surface area contributed by atoms with Crippen molar-refractivity contribution < 1.29 is 9.59 Å². The fraction of sp³-hybridized carbons (Fsp3) is 0.600. The van der Waals surface area contributed by atoms with Crippen LogP contribution in [0, 0.1) is 0 Å². The van der Waals surface area contributed by atoms with E-state index in [0.717, 1.165) is 45.4 Å². The van der Waals surface area contributed by atoms with E-state index in [1.54, 1.807) is 17.3 Å². The van der Waals surface area contributed by atoms with Gasteiger partial charge >= 0.3 is 0 Å². The number of hydrogen-bond donors (Lipinski definition) is 0. The molecule has 3 rings (SSSR count). The Morgan fingerprint density at radius 1 is 0.955 bits per heavy atom. The molecule has 2 fully saturated rings. The molecule has 0 aromatic carbocycles. The summed E-state index contributed by atoms with van der Waals surface area (Å²) in [6.07, 6.45) is 7.46. The lowest BCUT2D eigenvalue weighted by atomic mass is 10.1. The molecule has 7 nitrogen and oxygen atoms in total. The van der Waals surface area contributed by atoms with Crippen LogP contribution in [0.25, 0.3) is 0 Å². The monoisotopic (exact) mass is 303 g/mol. The van der Waals surface area contributed by atoms with Crippen LogP contribution in [0.5, 0.6) is 0 Å². The molecule has 2 saturated heterocycles. The van der Waals surface area contributed by atoms with E-state index in [9.17, 15) is 9.59 Å². The maximum Gasteiger partial charge on any atom is 0.256 e. The van der Waals surface area contributed by atoms with Gasteiger partial charge in [0.15, 0.2) is 0 Å². The molecule has 1 aromatic heterocycles. The van der Waals surface area contributed by atoms with Gasteiger partial charge in [-0.25, -0.2) is 9.97 Å². The second-order valence-corrected chi connectivity index (χ2v) is 5.75. The standard InChI is InChI=1S/C15H21N5O2/c21-12-18-6-8-20(9-7-18)15-16-10-13(11-17-15)14(22)19-4-2-1-3-5-19/h10-12H,1-9H2. The van der Waals surface area contributed by atoms with Crippen molar-refractivity contribution in [3.8, 4) is 0 Å². The SMILES string of the molecule is O=CN1CCN(c2ncc(C(=O)N3CCCCC3)cn2)CC1. The van der Waals surface area contributed by atoms with E-state index in [-0.39, 0.29) is 5.91 Å². The predicted molar refractivity (Wildman–Crippen MR) is 81.6 cm³/mol. The molecule has 7 heteroatoms. The Kier molecular flexibility index (Phi) is 4.50. The first kappa shape index (κ1) is 14.7. The van der Waals surface area contributed by atoms with Crippen LogP contribution in [0.4, 0.5) is 5.95 Å². The zero-order valence-corrected chi connectivity index (χ0v) is 12.6. The number of likely N-dealkylation sites (tertiary alicyclic amines) is 1. The van der Waals surface area contributed by atoms with Crippen LogP contribution in [-0.2, 0) is 4.79 Å². The van der Waals surface area contributed by atoms with E-state index < -0.39 is 0 Å². The van der Waals surface area contributed by atoms with Gasteiger partial charge in [-0.15, -0.1) is 0 Å². The summed E-state index contributed by atoms with van der Waals surface area (Å²) in [6.45, 7) is 4.46. The summed E-state index contributed by atoms with van der Waals surface area (Å²) in [5, 5.41) is 0. The largest absolute Gasteiger partial charge is 0.342 e. The summed E-state index contributed by atoms with van der Waals surface area (Å²) in [6, 6.07) is 0. The Bertz CT molecular complexity index is 519. The molecule has 0 spiro atoms. The number of nitrogens with zero attached hydrogens (tertiary/aromatic N) is 5. The third-order valence-corrected chi connectivity index (χ3v) is 4.27. The number of anilines is 1. The van der Waals surface area contributed by atoms with Gasteiger partial charge in [0.2, 0.25) is 12.4 Å². The van der Waals surface area contributed by atoms with Crippen molar-refractivity contribution in [1.82, 2.24) is 19.8 Å². The van der Waals surface area contributed by atoms with Crippen molar-refractivity contribution in [3.05, 3.63) is 18.0 Å². The van der Waals surface area contributed by atoms with Crippen LogP contribution in [0.2, 0.25) is 0 Å². The Morgan fingerprint density at radius 3 is 2.18 bits per heavy atom. The number of aromatic nitrogens is 2. The predicted octanol–water partition coefficient (Wildman–Crippen LogP) is 0.381. The molecule has 0 aliphatic carbocycles. The van der Waals surface area contributed by atoms with Gasteiger partial charge in [0.25, 0.3) is 5.91 Å². The Morgan fingerprint density at radius 2 is 1.59 bits per heavy atom. The minimum Gasteiger partial charge on any atom is -0.342 e. The maximum absolute atomic E-state index is 12.4. The van der Waals surface area contributed by atoms with Crippen molar-refractivity contribution in [2.24, 2.45) is 0 Å². The smallest absolute Gasteiger partial charge is 0.256 e. The van der Waals surface area contributed by atoms with Crippen molar-refractivity contribution in [2.45, 2.75) is 19.3 Å². The van der Waals surface area contributed by atoms with Crippen molar-refractivity contribution in [1.29, 1.82) is 0 Å². The number of carbonyl (C=O) groups excluding carboxylic acids is 2. The molecular formula is C15H21N5O2. The Balaban J connectivity index is 1.62. The normalized spacial score (nSPS) is 19.2. The highest BCUT2D eigenvalue weighted by atomic mass is 16.2. The third kappa shape index (κ3) is 3.18. The van der Waals surface area contributed by atoms with Gasteiger partial charge in [-0.1, -0.05) is 0 Å². The Hall–Kier alpha value is -2.18. The van der Waals surface area contributed by atoms with Gasteiger partial charge in [0, 0.05) is 51.7 Å². The summed E-state index contributed by atoms with van der Waals surface area (Å²) < 4.78 is 0. The van der Waals surface area contributed by atoms with Gasteiger partial charge in [0.05, 0.1) is 5.56 Å². The van der Waals surface area contributed by atoms with Crippen LogP contribution in [-0.4, -0.2) is 71.4 Å². The summed E-state index contributed by atoms with van der Waals surface area (Å²) in [7, 11) is 0. The lowest BCUT2D eigenvalue weighted by Crippen LogP contribution is -2.46. The molecule has 1 aromatic rings. The van der Waals surface area contributed by atoms with Crippen LogP contribution in [0.1, 0.15) is 29.6 Å². The molecule has 2 aliphatic heterocycles. The number of amides is 2. The van der Waals surface area contributed by atoms with E-state index in [0.29, 0.717) is 24.6 Å². The van der Waals surface area contributed by atoms with Gasteiger partial charge in [-0.05, 0) is 19.3 Å². The van der Waals surface area contributed by atoms with E-state index in [1.807, 2.05) is 9.80 Å². The van der Waals surface area contributed by atoms with Gasteiger partial charge < -0.3 is 14.7 Å². The van der Waals surface area contributed by atoms with Gasteiger partial charge in [0.1, 0.15) is 0 Å². The number of carbonyl (C=O) groups is 2. The summed E-state index contributed by atoms with van der Waals surface area (Å²) in [5.41, 5.74) is 0.553. The number of rotatable bonds is 3. The van der Waals surface area contributed by atoms with Crippen molar-refractivity contribution in [2.75, 3.05) is 44.2 Å². The first-order valence-corrected chi connectivity index (χ1v) is 7.83. The van der Waals surface area contributed by atoms with Crippen molar-refractivity contribution >= 4 is 18.3 Å². The van der Waals surface area contributed by atoms with Crippen LogP contribution in [0.15, 0.2) is 12.4 Å². The number of piperazine rings is 1. The third-order valence-electron chi connectivity index (χ3n) is 4.27. The van der Waals surface area contributed by atoms with Crippen LogP contribution < -0.4 is 4.90 Å². The molecular weight excluding hydrogens is 282 g/mol. The van der Waals surface area contributed by atoms with Gasteiger partial charge in [-0.2, -0.15) is 0 Å². The van der Waals surface area contributed by atoms with E-state index in [2.05, 4.69) is 9.97 Å². The first-order chi connectivity index (χ1) is 10.8. The number of hydrogen-bond acceptors (Lipinski definition) is 5. The maximum atomic E-state index is 12.4. The lowest BCUT2D eigenvalue weighted by molar-refractivity contribution is -0.118. The molecule has 0 unspecified atom stereocenters. The molecule has 0 bridgehead atoms. The number of piperidine rings is 1. The average molecular weight is 303 g/mol. The molecule has 118 valence electrons. The zero-order chi connectivity index (χ0) is 15.4. The second-order valence-electron chi connectivity index (χ2n) is 5.75. The topological polar surface area (TPSA) is 69.6 Å². The highest BCUT2D eigenvalue weighted by Crippen LogP contribution is 2.14. The minimum absolute atomic E-state index is 0.0250. The Labute approximate surface area is 129 Å². The quantitative estimate of drug-likeness (QED) is 0.755. The van der Waals surface area contributed by atoms with Gasteiger partial charge in [-0.3, -0.25) is 9.59 Å². The van der Waals surface area contributed by atoms with Crippen LogP contribution in [0.3, 0.4) is 0 Å². The highest BCUT2D eigenvalue weighted by Gasteiger charge is 2.21. The first-order valence-electron chi connectivity index (χ1n) is 7.83. The van der Waals surface area contributed by atoms with E-state index in [1.165, 1.54) is 6.42 Å². The molecule has 0 N–H and O–H groups in total. The van der Waals surface area contributed by atoms with Crippen molar-refractivity contribution in [3.63, 3.8) is 0 Å². The minimum atomic E-state index is 0.0250. The molecule has 2 aliphatic rings. The second kappa shape index (κ2) is 6.72. The summed E-state index contributed by atoms with van der Waals surface area (Å²) in [5.74, 6) is 0.651. The summed E-state index contributed by atoms with van der Waals surface area (Å²) in [4.78, 5) is 37.4. The highest BCUT2D eigenvalue weighted by molar-refractivity contribution is 5.93. The van der Waals surface area contributed by atoms with E-state index >= 15 is 0 Å². The molecule has 0 saturated carbocycles.